The van der Waals surface area contributed by atoms with Gasteiger partial charge >= 0.3 is 5.97 Å². The van der Waals surface area contributed by atoms with E-state index in [9.17, 15) is 14.4 Å². The number of nitrogens with zero attached hydrogens (tertiary/aromatic N) is 1. The summed E-state index contributed by atoms with van der Waals surface area (Å²) in [7, 11) is 0. The fraction of sp³-hybridized carbons (Fsp3) is 0.400. The molecule has 6 heteroatoms. The van der Waals surface area contributed by atoms with Gasteiger partial charge in [0, 0.05) is 6.42 Å². The third kappa shape index (κ3) is 2.42. The van der Waals surface area contributed by atoms with E-state index in [4.69, 9.17) is 16.7 Å². The summed E-state index contributed by atoms with van der Waals surface area (Å²) in [4.78, 5) is 37.0. The molecule has 0 atom stereocenters. The van der Waals surface area contributed by atoms with Gasteiger partial charge < -0.3 is 5.11 Å². The Morgan fingerprint density at radius 3 is 2.43 bits per heavy atom. The van der Waals surface area contributed by atoms with Crippen molar-refractivity contribution < 1.29 is 19.5 Å². The highest BCUT2D eigenvalue weighted by molar-refractivity contribution is 6.34. The lowest BCUT2D eigenvalue weighted by atomic mass is 9.81. The fourth-order valence-electron chi connectivity index (χ4n) is 2.67. The normalized spacial score (nSPS) is 17.4. The summed E-state index contributed by atoms with van der Waals surface area (Å²) < 4.78 is 0. The van der Waals surface area contributed by atoms with Crippen LogP contribution < -0.4 is 4.90 Å². The van der Waals surface area contributed by atoms with Crippen molar-refractivity contribution in [3.63, 3.8) is 0 Å². The highest BCUT2D eigenvalue weighted by atomic mass is 35.5. The number of hydrogen-bond acceptors (Lipinski definition) is 3. The van der Waals surface area contributed by atoms with Crippen LogP contribution in [0.4, 0.5) is 5.69 Å². The molecule has 1 aromatic rings. The number of carboxylic acid groups (broad SMARTS) is 1. The Kier molecular flexibility index (Phi) is 4.05. The minimum Gasteiger partial charge on any atom is -0.478 e. The quantitative estimate of drug-likeness (QED) is 0.867. The van der Waals surface area contributed by atoms with Gasteiger partial charge in [-0.2, -0.15) is 0 Å². The third-order valence-corrected chi connectivity index (χ3v) is 4.52. The second kappa shape index (κ2) is 5.48. The van der Waals surface area contributed by atoms with E-state index in [1.54, 1.807) is 0 Å². The van der Waals surface area contributed by atoms with Crippen LogP contribution in [0.2, 0.25) is 5.02 Å². The first-order valence-corrected chi connectivity index (χ1v) is 7.14. The molecule has 0 spiro atoms. The van der Waals surface area contributed by atoms with Crippen molar-refractivity contribution in [2.75, 3.05) is 4.90 Å². The first kappa shape index (κ1) is 15.5. The van der Waals surface area contributed by atoms with Crippen LogP contribution in [0.25, 0.3) is 0 Å². The van der Waals surface area contributed by atoms with Gasteiger partial charge in [0.05, 0.1) is 21.7 Å². The number of carbonyl (C=O) groups excluding carboxylic acids is 2. The van der Waals surface area contributed by atoms with E-state index in [2.05, 4.69) is 0 Å². The summed E-state index contributed by atoms with van der Waals surface area (Å²) in [6.07, 6.45) is 1.30. The van der Waals surface area contributed by atoms with Crippen molar-refractivity contribution in [2.45, 2.75) is 33.1 Å². The van der Waals surface area contributed by atoms with Crippen molar-refractivity contribution in [3.8, 4) is 0 Å². The number of aromatic carboxylic acids is 1. The van der Waals surface area contributed by atoms with Crippen LogP contribution in [0.1, 0.15) is 43.5 Å². The number of anilines is 1. The van der Waals surface area contributed by atoms with Crippen molar-refractivity contribution >= 4 is 35.1 Å². The predicted octanol–water partition coefficient (Wildman–Crippen LogP) is 3.11. The van der Waals surface area contributed by atoms with Gasteiger partial charge in [-0.1, -0.05) is 25.4 Å². The van der Waals surface area contributed by atoms with E-state index in [1.165, 1.54) is 18.2 Å². The summed E-state index contributed by atoms with van der Waals surface area (Å²) in [5.41, 5.74) is -0.545. The lowest BCUT2D eigenvalue weighted by Crippen LogP contribution is -2.35. The highest BCUT2D eigenvalue weighted by Crippen LogP contribution is 2.41. The lowest BCUT2D eigenvalue weighted by Gasteiger charge is -2.23. The number of benzene rings is 1. The van der Waals surface area contributed by atoms with Gasteiger partial charge in [-0.05, 0) is 31.0 Å². The monoisotopic (exact) mass is 309 g/mol. The molecule has 1 aliphatic rings. The minimum absolute atomic E-state index is 0.0718. The number of carboxylic acids is 1. The Morgan fingerprint density at radius 2 is 1.95 bits per heavy atom. The molecule has 0 aliphatic carbocycles. The van der Waals surface area contributed by atoms with Crippen molar-refractivity contribution in [2.24, 2.45) is 5.41 Å². The van der Waals surface area contributed by atoms with Gasteiger partial charge in [0.1, 0.15) is 0 Å². The summed E-state index contributed by atoms with van der Waals surface area (Å²) in [5, 5.41) is 9.16. The summed E-state index contributed by atoms with van der Waals surface area (Å²) >= 11 is 5.81. The Labute approximate surface area is 127 Å². The van der Waals surface area contributed by atoms with E-state index in [1.807, 2.05) is 13.8 Å². The number of amides is 2. The maximum Gasteiger partial charge on any atom is 0.337 e. The molecule has 21 heavy (non-hydrogen) atoms. The third-order valence-electron chi connectivity index (χ3n) is 4.19. The van der Waals surface area contributed by atoms with Crippen LogP contribution in [-0.4, -0.2) is 22.9 Å². The van der Waals surface area contributed by atoms with E-state index < -0.39 is 11.4 Å². The maximum atomic E-state index is 12.6. The Balaban J connectivity index is 2.48. The van der Waals surface area contributed by atoms with Crippen molar-refractivity contribution in [1.82, 2.24) is 0 Å². The maximum absolute atomic E-state index is 12.6. The molecule has 1 saturated heterocycles. The Morgan fingerprint density at radius 1 is 1.33 bits per heavy atom. The fourth-order valence-corrected chi connectivity index (χ4v) is 2.87. The first-order chi connectivity index (χ1) is 9.86. The minimum atomic E-state index is -1.20. The molecule has 1 N–H and O–H groups in total. The second-order valence-electron chi connectivity index (χ2n) is 5.17. The average molecular weight is 310 g/mol. The van der Waals surface area contributed by atoms with E-state index in [0.29, 0.717) is 12.8 Å². The smallest absolute Gasteiger partial charge is 0.337 e. The molecule has 1 aromatic carbocycles. The lowest BCUT2D eigenvalue weighted by molar-refractivity contribution is -0.126. The molecule has 0 unspecified atom stereocenters. The predicted molar refractivity (Wildman–Crippen MR) is 78.5 cm³/mol. The summed E-state index contributed by atoms with van der Waals surface area (Å²) in [6.45, 7) is 3.76. The molecule has 1 fully saturated rings. The molecule has 1 heterocycles. The van der Waals surface area contributed by atoms with Gasteiger partial charge in [-0.25, -0.2) is 4.79 Å². The Bertz CT molecular complexity index is 622. The molecule has 2 amide bonds. The Hall–Kier alpha value is -1.88. The molecule has 5 nitrogen and oxygen atoms in total. The standard InChI is InChI=1S/C15H16ClNO4/c1-3-15(4-2)8-12(18)17(14(15)21)9-5-6-11(16)10(7-9)13(19)20/h5-7H,3-4,8H2,1-2H3,(H,19,20). The van der Waals surface area contributed by atoms with E-state index in [-0.39, 0.29) is 34.5 Å². The molecule has 0 bridgehead atoms. The molecule has 0 radical (unpaired) electrons. The molecule has 2 rings (SSSR count). The van der Waals surface area contributed by atoms with Crippen LogP contribution in [0.3, 0.4) is 0 Å². The van der Waals surface area contributed by atoms with Gasteiger partial charge in [-0.3, -0.25) is 14.5 Å². The zero-order valence-corrected chi connectivity index (χ0v) is 12.6. The molecule has 112 valence electrons. The number of imide groups is 1. The number of rotatable bonds is 4. The second-order valence-corrected chi connectivity index (χ2v) is 5.58. The largest absolute Gasteiger partial charge is 0.478 e. The van der Waals surface area contributed by atoms with Gasteiger partial charge in [0.15, 0.2) is 0 Å². The number of halogens is 1. The van der Waals surface area contributed by atoms with Crippen LogP contribution in [0, 0.1) is 5.41 Å². The highest BCUT2D eigenvalue weighted by Gasteiger charge is 2.49. The van der Waals surface area contributed by atoms with E-state index >= 15 is 0 Å². The van der Waals surface area contributed by atoms with Crippen LogP contribution >= 0.6 is 11.6 Å². The first-order valence-electron chi connectivity index (χ1n) is 6.76. The van der Waals surface area contributed by atoms with Crippen LogP contribution in [0.15, 0.2) is 18.2 Å². The molecule has 1 aliphatic heterocycles. The van der Waals surface area contributed by atoms with Crippen LogP contribution in [0.5, 0.6) is 0 Å². The summed E-state index contributed by atoms with van der Waals surface area (Å²) in [6, 6.07) is 4.15. The van der Waals surface area contributed by atoms with Crippen molar-refractivity contribution in [3.05, 3.63) is 28.8 Å². The molecule has 0 saturated carbocycles. The number of carbonyl (C=O) groups is 3. The van der Waals surface area contributed by atoms with Gasteiger partial charge in [0.25, 0.3) is 0 Å². The molecular formula is C15H16ClNO4. The molecular weight excluding hydrogens is 294 g/mol. The molecule has 0 aromatic heterocycles. The number of hydrogen-bond donors (Lipinski definition) is 1. The summed E-state index contributed by atoms with van der Waals surface area (Å²) in [5.74, 6) is -1.77. The SMILES string of the molecule is CCC1(CC)CC(=O)N(c2ccc(Cl)c(C(=O)O)c2)C1=O. The van der Waals surface area contributed by atoms with Gasteiger partial charge in [-0.15, -0.1) is 0 Å². The zero-order valence-electron chi connectivity index (χ0n) is 11.9. The average Bonchev–Trinajstić information content (AvgIpc) is 2.71. The van der Waals surface area contributed by atoms with Crippen LogP contribution in [-0.2, 0) is 9.59 Å². The van der Waals surface area contributed by atoms with Gasteiger partial charge in [0.2, 0.25) is 11.8 Å². The van der Waals surface area contributed by atoms with Crippen molar-refractivity contribution in [1.29, 1.82) is 0 Å². The topological polar surface area (TPSA) is 74.7 Å². The zero-order chi connectivity index (χ0) is 15.8. The van der Waals surface area contributed by atoms with E-state index in [0.717, 1.165) is 4.90 Å².